The van der Waals surface area contributed by atoms with Crippen molar-refractivity contribution in [3.63, 3.8) is 0 Å². The predicted octanol–water partition coefficient (Wildman–Crippen LogP) is 2.77. The minimum atomic E-state index is 0.821. The molecule has 0 N–H and O–H groups in total. The SMILES string of the molecule is CCc1cnc2cc(C3CC3)ccn12. The molecule has 2 aromatic heterocycles. The van der Waals surface area contributed by atoms with E-state index in [0.29, 0.717) is 0 Å². The fraction of sp³-hybridized carbons (Fsp3) is 0.417. The Morgan fingerprint density at radius 3 is 3.07 bits per heavy atom. The number of fused-ring (bicyclic) bond motifs is 1. The Bertz CT molecular complexity index is 466. The molecule has 0 amide bonds. The van der Waals surface area contributed by atoms with Gasteiger partial charge in [0.1, 0.15) is 5.65 Å². The highest BCUT2D eigenvalue weighted by Crippen LogP contribution is 2.40. The van der Waals surface area contributed by atoms with Crippen LogP contribution < -0.4 is 0 Å². The van der Waals surface area contributed by atoms with E-state index in [1.54, 1.807) is 0 Å². The normalized spacial score (nSPS) is 16.4. The van der Waals surface area contributed by atoms with E-state index in [9.17, 15) is 0 Å². The van der Waals surface area contributed by atoms with Crippen molar-refractivity contribution in [1.29, 1.82) is 0 Å². The minimum Gasteiger partial charge on any atom is -0.304 e. The van der Waals surface area contributed by atoms with Crippen molar-refractivity contribution in [1.82, 2.24) is 9.38 Å². The van der Waals surface area contributed by atoms with Crippen LogP contribution in [0.5, 0.6) is 0 Å². The van der Waals surface area contributed by atoms with Crippen LogP contribution in [0.4, 0.5) is 0 Å². The van der Waals surface area contributed by atoms with Crippen molar-refractivity contribution in [3.8, 4) is 0 Å². The monoisotopic (exact) mass is 186 g/mol. The van der Waals surface area contributed by atoms with Gasteiger partial charge < -0.3 is 4.40 Å². The minimum absolute atomic E-state index is 0.821. The van der Waals surface area contributed by atoms with Crippen molar-refractivity contribution in [2.45, 2.75) is 32.1 Å². The maximum absolute atomic E-state index is 4.42. The number of hydrogen-bond acceptors (Lipinski definition) is 1. The highest BCUT2D eigenvalue weighted by atomic mass is 15.0. The number of hydrogen-bond donors (Lipinski definition) is 0. The molecule has 1 fully saturated rings. The second-order valence-corrected chi connectivity index (χ2v) is 4.07. The van der Waals surface area contributed by atoms with Crippen molar-refractivity contribution in [2.75, 3.05) is 0 Å². The Labute approximate surface area is 83.6 Å². The van der Waals surface area contributed by atoms with Crippen molar-refractivity contribution < 1.29 is 0 Å². The van der Waals surface area contributed by atoms with Gasteiger partial charge in [-0.3, -0.25) is 0 Å². The number of nitrogens with zero attached hydrogens (tertiary/aromatic N) is 2. The van der Waals surface area contributed by atoms with Gasteiger partial charge in [0.25, 0.3) is 0 Å². The largest absolute Gasteiger partial charge is 0.304 e. The predicted molar refractivity (Wildman–Crippen MR) is 56.5 cm³/mol. The molecule has 2 heteroatoms. The van der Waals surface area contributed by atoms with Crippen LogP contribution in [0.3, 0.4) is 0 Å². The highest BCUT2D eigenvalue weighted by Gasteiger charge is 2.23. The maximum atomic E-state index is 4.42. The summed E-state index contributed by atoms with van der Waals surface area (Å²) >= 11 is 0. The van der Waals surface area contributed by atoms with Gasteiger partial charge >= 0.3 is 0 Å². The first kappa shape index (κ1) is 8.04. The molecule has 0 bridgehead atoms. The van der Waals surface area contributed by atoms with Crippen LogP contribution in [-0.4, -0.2) is 9.38 Å². The summed E-state index contributed by atoms with van der Waals surface area (Å²) in [5.74, 6) is 0.821. The molecule has 14 heavy (non-hydrogen) atoms. The fourth-order valence-corrected chi connectivity index (χ4v) is 1.98. The lowest BCUT2D eigenvalue weighted by Gasteiger charge is -2.01. The summed E-state index contributed by atoms with van der Waals surface area (Å²) < 4.78 is 2.19. The standard InChI is InChI=1S/C12H14N2/c1-2-11-8-13-12-7-10(9-3-4-9)5-6-14(11)12/h5-9H,2-4H2,1H3. The molecule has 0 aromatic carbocycles. The fourth-order valence-electron chi connectivity index (χ4n) is 1.98. The van der Waals surface area contributed by atoms with Crippen LogP contribution in [0.25, 0.3) is 5.65 Å². The van der Waals surface area contributed by atoms with Gasteiger partial charge in [-0.05, 0) is 42.9 Å². The molecule has 1 aliphatic rings. The van der Waals surface area contributed by atoms with Gasteiger partial charge in [0.15, 0.2) is 0 Å². The first-order valence-electron chi connectivity index (χ1n) is 5.34. The molecule has 2 aromatic rings. The van der Waals surface area contributed by atoms with Gasteiger partial charge in [-0.2, -0.15) is 0 Å². The third-order valence-electron chi connectivity index (χ3n) is 3.02. The lowest BCUT2D eigenvalue weighted by Crippen LogP contribution is -1.91. The summed E-state index contributed by atoms with van der Waals surface area (Å²) in [4.78, 5) is 4.42. The average molecular weight is 186 g/mol. The van der Waals surface area contributed by atoms with Gasteiger partial charge in [0.2, 0.25) is 0 Å². The lowest BCUT2D eigenvalue weighted by atomic mass is 10.2. The second kappa shape index (κ2) is 2.84. The summed E-state index contributed by atoms with van der Waals surface area (Å²) in [7, 11) is 0. The smallest absolute Gasteiger partial charge is 0.137 e. The van der Waals surface area contributed by atoms with Crippen LogP contribution in [-0.2, 0) is 6.42 Å². The topological polar surface area (TPSA) is 17.3 Å². The Balaban J connectivity index is 2.15. The zero-order valence-electron chi connectivity index (χ0n) is 8.40. The molecular formula is C12H14N2. The Morgan fingerprint density at radius 1 is 1.50 bits per heavy atom. The zero-order chi connectivity index (χ0) is 9.54. The summed E-state index contributed by atoms with van der Waals surface area (Å²) in [6.45, 7) is 2.16. The van der Waals surface area contributed by atoms with E-state index >= 15 is 0 Å². The molecule has 0 atom stereocenters. The number of aromatic nitrogens is 2. The molecule has 1 aliphatic carbocycles. The molecule has 3 rings (SSSR count). The molecular weight excluding hydrogens is 172 g/mol. The Hall–Kier alpha value is -1.31. The average Bonchev–Trinajstić information content (AvgIpc) is 2.98. The summed E-state index contributed by atoms with van der Waals surface area (Å²) in [5, 5.41) is 0. The van der Waals surface area contributed by atoms with Crippen molar-refractivity contribution in [3.05, 3.63) is 35.8 Å². The third kappa shape index (κ3) is 1.14. The van der Waals surface area contributed by atoms with Gasteiger partial charge in [0.05, 0.1) is 0 Å². The first-order chi connectivity index (χ1) is 6.88. The van der Waals surface area contributed by atoms with E-state index in [2.05, 4.69) is 34.6 Å². The van der Waals surface area contributed by atoms with Crippen LogP contribution in [0.1, 0.15) is 36.9 Å². The van der Waals surface area contributed by atoms with Crippen LogP contribution in [0.15, 0.2) is 24.5 Å². The van der Waals surface area contributed by atoms with E-state index in [0.717, 1.165) is 18.0 Å². The third-order valence-corrected chi connectivity index (χ3v) is 3.02. The molecule has 72 valence electrons. The number of pyridine rings is 1. The van der Waals surface area contributed by atoms with Crippen molar-refractivity contribution >= 4 is 5.65 Å². The van der Waals surface area contributed by atoms with E-state index < -0.39 is 0 Å². The van der Waals surface area contributed by atoms with Gasteiger partial charge in [-0.15, -0.1) is 0 Å². The number of imidazole rings is 1. The number of aryl methyl sites for hydroxylation is 1. The van der Waals surface area contributed by atoms with E-state index in [1.807, 2.05) is 6.20 Å². The first-order valence-corrected chi connectivity index (χ1v) is 5.34. The van der Waals surface area contributed by atoms with Gasteiger partial charge in [-0.1, -0.05) is 6.92 Å². The van der Waals surface area contributed by atoms with Crippen LogP contribution in [0, 0.1) is 0 Å². The van der Waals surface area contributed by atoms with E-state index in [1.165, 1.54) is 24.1 Å². The van der Waals surface area contributed by atoms with Gasteiger partial charge in [0, 0.05) is 18.1 Å². The second-order valence-electron chi connectivity index (χ2n) is 4.07. The Kier molecular flexibility index (Phi) is 1.63. The molecule has 0 spiro atoms. The highest BCUT2D eigenvalue weighted by molar-refractivity contribution is 5.45. The molecule has 2 heterocycles. The zero-order valence-corrected chi connectivity index (χ0v) is 8.40. The Morgan fingerprint density at radius 2 is 2.36 bits per heavy atom. The maximum Gasteiger partial charge on any atom is 0.137 e. The molecule has 1 saturated carbocycles. The molecule has 0 unspecified atom stereocenters. The summed E-state index contributed by atoms with van der Waals surface area (Å²) in [5.41, 5.74) is 3.86. The van der Waals surface area contributed by atoms with Gasteiger partial charge in [-0.25, -0.2) is 4.98 Å². The molecule has 0 aliphatic heterocycles. The molecule has 0 saturated heterocycles. The molecule has 0 radical (unpaired) electrons. The van der Waals surface area contributed by atoms with Crippen LogP contribution in [0.2, 0.25) is 0 Å². The lowest BCUT2D eigenvalue weighted by molar-refractivity contribution is 0.985. The summed E-state index contributed by atoms with van der Waals surface area (Å²) in [6.07, 6.45) is 7.90. The molecule has 2 nitrogen and oxygen atoms in total. The van der Waals surface area contributed by atoms with E-state index in [4.69, 9.17) is 0 Å². The van der Waals surface area contributed by atoms with Crippen LogP contribution >= 0.6 is 0 Å². The quantitative estimate of drug-likeness (QED) is 0.705. The number of rotatable bonds is 2. The van der Waals surface area contributed by atoms with E-state index in [-0.39, 0.29) is 0 Å². The summed E-state index contributed by atoms with van der Waals surface area (Å²) in [6, 6.07) is 4.47. The van der Waals surface area contributed by atoms with Crippen molar-refractivity contribution in [2.24, 2.45) is 0 Å².